The van der Waals surface area contributed by atoms with Crippen molar-refractivity contribution in [3.05, 3.63) is 29.4 Å². The van der Waals surface area contributed by atoms with Crippen LogP contribution in [0.1, 0.15) is 12.7 Å². The smallest absolute Gasteiger partial charge is 0.318 e. The van der Waals surface area contributed by atoms with Gasteiger partial charge in [-0.2, -0.15) is 4.98 Å². The van der Waals surface area contributed by atoms with Gasteiger partial charge in [-0.25, -0.2) is 9.97 Å². The highest BCUT2D eigenvalue weighted by Gasteiger charge is 2.10. The molecule has 0 aromatic carbocycles. The molecule has 0 saturated heterocycles. The predicted octanol–water partition coefficient (Wildman–Crippen LogP) is 1.89. The fourth-order valence-electron chi connectivity index (χ4n) is 1.40. The fourth-order valence-corrected chi connectivity index (χ4v) is 1.58. The van der Waals surface area contributed by atoms with Crippen molar-refractivity contribution in [2.75, 3.05) is 7.11 Å². The number of imidazole rings is 1. The van der Waals surface area contributed by atoms with Gasteiger partial charge in [0.15, 0.2) is 5.82 Å². The summed E-state index contributed by atoms with van der Waals surface area (Å²) >= 11 is 6.04. The van der Waals surface area contributed by atoms with Gasteiger partial charge >= 0.3 is 6.01 Å². The van der Waals surface area contributed by atoms with E-state index in [0.717, 1.165) is 12.2 Å². The van der Waals surface area contributed by atoms with Crippen LogP contribution in [0, 0.1) is 0 Å². The molecular formula is C10H11ClN4O. The molecule has 2 aromatic rings. The first-order chi connectivity index (χ1) is 7.76. The lowest BCUT2D eigenvalue weighted by atomic mass is 10.4. The second-order valence-electron chi connectivity index (χ2n) is 3.10. The summed E-state index contributed by atoms with van der Waals surface area (Å²) in [7, 11) is 1.52. The van der Waals surface area contributed by atoms with E-state index in [-0.39, 0.29) is 6.01 Å². The average molecular weight is 239 g/mol. The number of aryl methyl sites for hydroxylation is 1. The molecule has 5 nitrogen and oxygen atoms in total. The van der Waals surface area contributed by atoms with E-state index in [4.69, 9.17) is 16.3 Å². The molecule has 2 rings (SSSR count). The molecule has 0 atom stereocenters. The van der Waals surface area contributed by atoms with Gasteiger partial charge in [0.1, 0.15) is 10.8 Å². The van der Waals surface area contributed by atoms with Crippen molar-refractivity contribution in [3.8, 4) is 11.8 Å². The maximum atomic E-state index is 6.04. The molecule has 0 bridgehead atoms. The zero-order chi connectivity index (χ0) is 11.5. The molecule has 0 aliphatic carbocycles. The standard InChI is InChI=1S/C10H11ClN4O/c1-3-8-12-4-5-15(8)9-7(11)6-13-10(14-9)16-2/h4-6H,3H2,1-2H3. The van der Waals surface area contributed by atoms with Crippen molar-refractivity contribution in [2.45, 2.75) is 13.3 Å². The normalized spacial score (nSPS) is 10.4. The third-order valence-corrected chi connectivity index (χ3v) is 2.41. The molecule has 84 valence electrons. The number of methoxy groups -OCH3 is 1. The summed E-state index contributed by atoms with van der Waals surface area (Å²) in [6.07, 6.45) is 5.84. The van der Waals surface area contributed by atoms with Crippen LogP contribution in [-0.2, 0) is 6.42 Å². The summed E-state index contributed by atoms with van der Waals surface area (Å²) in [6.45, 7) is 2.02. The van der Waals surface area contributed by atoms with E-state index in [0.29, 0.717) is 10.8 Å². The lowest BCUT2D eigenvalue weighted by Gasteiger charge is -2.08. The third kappa shape index (κ3) is 1.86. The van der Waals surface area contributed by atoms with Gasteiger partial charge < -0.3 is 4.74 Å². The molecule has 0 fully saturated rings. The number of hydrogen-bond donors (Lipinski definition) is 0. The maximum absolute atomic E-state index is 6.04. The van der Waals surface area contributed by atoms with Crippen molar-refractivity contribution >= 4 is 11.6 Å². The van der Waals surface area contributed by atoms with Crippen LogP contribution in [0.25, 0.3) is 5.82 Å². The summed E-state index contributed by atoms with van der Waals surface area (Å²) in [6, 6.07) is 0.287. The first-order valence-electron chi connectivity index (χ1n) is 4.85. The molecular weight excluding hydrogens is 228 g/mol. The molecule has 6 heteroatoms. The van der Waals surface area contributed by atoms with Crippen molar-refractivity contribution in [1.29, 1.82) is 0 Å². The summed E-state index contributed by atoms with van der Waals surface area (Å²) in [5, 5.41) is 0.466. The van der Waals surface area contributed by atoms with Crippen LogP contribution >= 0.6 is 11.6 Å². The number of hydrogen-bond acceptors (Lipinski definition) is 4. The molecule has 0 aliphatic heterocycles. The lowest BCUT2D eigenvalue weighted by Crippen LogP contribution is -2.04. The van der Waals surface area contributed by atoms with Gasteiger partial charge in [-0.05, 0) is 0 Å². The molecule has 0 saturated carbocycles. The Bertz CT molecular complexity index is 497. The van der Waals surface area contributed by atoms with E-state index in [9.17, 15) is 0 Å². The zero-order valence-electron chi connectivity index (χ0n) is 9.01. The van der Waals surface area contributed by atoms with Crippen LogP contribution in [-0.4, -0.2) is 26.6 Å². The largest absolute Gasteiger partial charge is 0.467 e. The minimum absolute atomic E-state index is 0.287. The van der Waals surface area contributed by atoms with Crippen molar-refractivity contribution in [3.63, 3.8) is 0 Å². The SMILES string of the molecule is CCc1nccn1-c1nc(OC)ncc1Cl. The highest BCUT2D eigenvalue weighted by atomic mass is 35.5. The number of rotatable bonds is 3. The molecule has 0 spiro atoms. The summed E-state index contributed by atoms with van der Waals surface area (Å²) in [4.78, 5) is 12.3. The number of nitrogens with zero attached hydrogens (tertiary/aromatic N) is 4. The Kier molecular flexibility index (Phi) is 3.05. The molecule has 0 N–H and O–H groups in total. The lowest BCUT2D eigenvalue weighted by molar-refractivity contribution is 0.379. The second kappa shape index (κ2) is 4.49. The Labute approximate surface area is 98.1 Å². The molecule has 2 heterocycles. The van der Waals surface area contributed by atoms with E-state index in [1.807, 2.05) is 17.7 Å². The quantitative estimate of drug-likeness (QED) is 0.820. The first-order valence-corrected chi connectivity index (χ1v) is 5.23. The van der Waals surface area contributed by atoms with Gasteiger partial charge in [-0.3, -0.25) is 4.57 Å². The Morgan fingerprint density at radius 3 is 2.94 bits per heavy atom. The highest BCUT2D eigenvalue weighted by molar-refractivity contribution is 6.32. The molecule has 0 amide bonds. The Morgan fingerprint density at radius 2 is 2.25 bits per heavy atom. The molecule has 0 unspecified atom stereocenters. The Morgan fingerprint density at radius 1 is 1.44 bits per heavy atom. The second-order valence-corrected chi connectivity index (χ2v) is 3.50. The van der Waals surface area contributed by atoms with Gasteiger partial charge in [0.2, 0.25) is 0 Å². The van der Waals surface area contributed by atoms with Crippen molar-refractivity contribution in [2.24, 2.45) is 0 Å². The summed E-state index contributed by atoms with van der Waals surface area (Å²) in [5.74, 6) is 1.48. The van der Waals surface area contributed by atoms with Gasteiger partial charge in [0.25, 0.3) is 0 Å². The van der Waals surface area contributed by atoms with Crippen LogP contribution in [0.2, 0.25) is 5.02 Å². The van der Waals surface area contributed by atoms with E-state index in [2.05, 4.69) is 15.0 Å². The fraction of sp³-hybridized carbons (Fsp3) is 0.300. The Hall–Kier alpha value is -1.62. The van der Waals surface area contributed by atoms with E-state index < -0.39 is 0 Å². The predicted molar refractivity (Wildman–Crippen MR) is 60.1 cm³/mol. The van der Waals surface area contributed by atoms with Crippen LogP contribution in [0.4, 0.5) is 0 Å². The van der Waals surface area contributed by atoms with Crippen LogP contribution in [0.5, 0.6) is 6.01 Å². The molecule has 2 aromatic heterocycles. The minimum atomic E-state index is 0.287. The number of aromatic nitrogens is 4. The Balaban J connectivity index is 2.54. The van der Waals surface area contributed by atoms with Crippen molar-refractivity contribution in [1.82, 2.24) is 19.5 Å². The highest BCUT2D eigenvalue weighted by Crippen LogP contribution is 2.20. The van der Waals surface area contributed by atoms with Gasteiger partial charge in [0.05, 0.1) is 13.3 Å². The van der Waals surface area contributed by atoms with Crippen molar-refractivity contribution < 1.29 is 4.74 Å². The molecule has 16 heavy (non-hydrogen) atoms. The minimum Gasteiger partial charge on any atom is -0.467 e. The van der Waals surface area contributed by atoms with Crippen LogP contribution in [0.15, 0.2) is 18.6 Å². The van der Waals surface area contributed by atoms with Crippen LogP contribution in [0.3, 0.4) is 0 Å². The molecule has 0 aliphatic rings. The van der Waals surface area contributed by atoms with Gasteiger partial charge in [-0.1, -0.05) is 18.5 Å². The monoisotopic (exact) mass is 238 g/mol. The summed E-state index contributed by atoms with van der Waals surface area (Å²) < 4.78 is 6.79. The number of halogens is 1. The first kappa shape index (κ1) is 10.9. The van der Waals surface area contributed by atoms with Crippen LogP contribution < -0.4 is 4.74 Å². The maximum Gasteiger partial charge on any atom is 0.318 e. The van der Waals surface area contributed by atoms with E-state index >= 15 is 0 Å². The third-order valence-electron chi connectivity index (χ3n) is 2.15. The topological polar surface area (TPSA) is 52.8 Å². The molecule has 0 radical (unpaired) electrons. The van der Waals surface area contributed by atoms with E-state index in [1.165, 1.54) is 13.3 Å². The van der Waals surface area contributed by atoms with Gasteiger partial charge in [-0.15, -0.1) is 0 Å². The summed E-state index contributed by atoms with van der Waals surface area (Å²) in [5.41, 5.74) is 0. The zero-order valence-corrected chi connectivity index (χ0v) is 9.77. The number of ether oxygens (including phenoxy) is 1. The van der Waals surface area contributed by atoms with E-state index in [1.54, 1.807) is 6.20 Å². The average Bonchev–Trinajstić information content (AvgIpc) is 2.77. The van der Waals surface area contributed by atoms with Gasteiger partial charge in [0, 0.05) is 18.8 Å².